The van der Waals surface area contributed by atoms with Gasteiger partial charge >= 0.3 is 5.97 Å². The van der Waals surface area contributed by atoms with Crippen molar-refractivity contribution in [3.05, 3.63) is 34.9 Å². The second kappa shape index (κ2) is 4.60. The molecule has 6 heteroatoms. The van der Waals surface area contributed by atoms with E-state index in [0.29, 0.717) is 18.7 Å². The topological polar surface area (TPSA) is 66.4 Å². The van der Waals surface area contributed by atoms with Crippen LogP contribution in [-0.4, -0.2) is 23.5 Å². The minimum Gasteiger partial charge on any atom is -0.478 e. The van der Waals surface area contributed by atoms with Gasteiger partial charge in [0.25, 0.3) is 5.91 Å². The number of hydrogen-bond donors (Lipinski definition) is 2. The molecule has 0 spiro atoms. The Morgan fingerprint density at radius 1 is 1.26 bits per heavy atom. The zero-order chi connectivity index (χ0) is 14.2. The van der Waals surface area contributed by atoms with Crippen LogP contribution in [0.1, 0.15) is 40.5 Å². The van der Waals surface area contributed by atoms with E-state index >= 15 is 0 Å². The van der Waals surface area contributed by atoms with Crippen molar-refractivity contribution in [3.8, 4) is 0 Å². The zero-order valence-electron chi connectivity index (χ0n) is 10.3. The summed E-state index contributed by atoms with van der Waals surface area (Å²) in [4.78, 5) is 22.8. The normalized spacial score (nSPS) is 15.9. The molecule has 0 heterocycles. The first-order chi connectivity index (χ1) is 8.82. The van der Waals surface area contributed by atoms with Crippen LogP contribution in [0.25, 0.3) is 0 Å². The highest BCUT2D eigenvalue weighted by Gasteiger charge is 2.37. The van der Waals surface area contributed by atoms with Crippen molar-refractivity contribution in [2.45, 2.75) is 19.8 Å². The van der Waals surface area contributed by atoms with Crippen LogP contribution in [-0.2, 0) is 0 Å². The predicted molar refractivity (Wildman–Crippen MR) is 63.0 cm³/mol. The molecule has 2 N–H and O–H groups in total. The first kappa shape index (κ1) is 13.5. The maximum absolute atomic E-state index is 13.1. The van der Waals surface area contributed by atoms with Crippen molar-refractivity contribution in [2.24, 2.45) is 5.41 Å². The number of halogens is 2. The molecular formula is C13H13F2NO3. The summed E-state index contributed by atoms with van der Waals surface area (Å²) in [5.74, 6) is -4.71. The summed E-state index contributed by atoms with van der Waals surface area (Å²) >= 11 is 0. The maximum Gasteiger partial charge on any atom is 0.336 e. The number of nitrogens with one attached hydrogen (secondary N) is 1. The molecule has 4 nitrogen and oxygen atoms in total. The molecule has 1 aromatic rings. The molecule has 1 fully saturated rings. The van der Waals surface area contributed by atoms with Gasteiger partial charge in [0, 0.05) is 6.54 Å². The van der Waals surface area contributed by atoms with Gasteiger partial charge in [0.1, 0.15) is 0 Å². The first-order valence-electron chi connectivity index (χ1n) is 5.83. The molecule has 1 aromatic carbocycles. The Morgan fingerprint density at radius 2 is 1.79 bits per heavy atom. The summed E-state index contributed by atoms with van der Waals surface area (Å²) in [6, 6.07) is 1.13. The second-order valence-corrected chi connectivity index (χ2v) is 5.11. The first-order valence-corrected chi connectivity index (χ1v) is 5.83. The fourth-order valence-electron chi connectivity index (χ4n) is 1.69. The average Bonchev–Trinajstić information content (AvgIpc) is 3.07. The standard InChI is InChI=1S/C13H13F2NO3/c1-13(2-3-13)6-16-11(17)7-4-9(14)10(15)5-8(7)12(18)19/h4-5H,2-3,6H2,1H3,(H,16,17)(H,18,19). The van der Waals surface area contributed by atoms with Crippen LogP contribution >= 0.6 is 0 Å². The Labute approximate surface area is 108 Å². The van der Waals surface area contributed by atoms with Crippen LogP contribution in [0.5, 0.6) is 0 Å². The van der Waals surface area contributed by atoms with Crippen molar-refractivity contribution in [1.29, 1.82) is 0 Å². The highest BCUT2D eigenvalue weighted by molar-refractivity contribution is 6.04. The van der Waals surface area contributed by atoms with E-state index < -0.39 is 29.1 Å². The average molecular weight is 269 g/mol. The van der Waals surface area contributed by atoms with E-state index in [9.17, 15) is 18.4 Å². The highest BCUT2D eigenvalue weighted by atomic mass is 19.2. The summed E-state index contributed by atoms with van der Waals surface area (Å²) in [5, 5.41) is 11.5. The molecule has 0 aromatic heterocycles. The van der Waals surface area contributed by atoms with E-state index in [-0.39, 0.29) is 11.0 Å². The van der Waals surface area contributed by atoms with Gasteiger partial charge in [-0.3, -0.25) is 4.79 Å². The van der Waals surface area contributed by atoms with Crippen LogP contribution in [0, 0.1) is 17.0 Å². The molecule has 0 atom stereocenters. The number of benzene rings is 1. The van der Waals surface area contributed by atoms with Gasteiger partial charge in [-0.2, -0.15) is 0 Å². The second-order valence-electron chi connectivity index (χ2n) is 5.11. The summed E-state index contributed by atoms with van der Waals surface area (Å²) in [7, 11) is 0. The molecule has 19 heavy (non-hydrogen) atoms. The molecular weight excluding hydrogens is 256 g/mol. The number of amides is 1. The van der Waals surface area contributed by atoms with Gasteiger partial charge < -0.3 is 10.4 Å². The lowest BCUT2D eigenvalue weighted by Crippen LogP contribution is -2.30. The van der Waals surface area contributed by atoms with E-state index in [0.717, 1.165) is 12.8 Å². The van der Waals surface area contributed by atoms with Gasteiger partial charge in [-0.05, 0) is 30.4 Å². The van der Waals surface area contributed by atoms with Gasteiger partial charge in [-0.15, -0.1) is 0 Å². The third kappa shape index (κ3) is 2.89. The number of aromatic carboxylic acids is 1. The van der Waals surface area contributed by atoms with Crippen molar-refractivity contribution >= 4 is 11.9 Å². The quantitative estimate of drug-likeness (QED) is 0.880. The van der Waals surface area contributed by atoms with E-state index in [1.54, 1.807) is 0 Å². The predicted octanol–water partition coefficient (Wildman–Crippen LogP) is 2.19. The number of carboxylic acid groups (broad SMARTS) is 1. The van der Waals surface area contributed by atoms with E-state index in [4.69, 9.17) is 5.11 Å². The summed E-state index contributed by atoms with van der Waals surface area (Å²) in [5.41, 5.74) is -0.870. The summed E-state index contributed by atoms with van der Waals surface area (Å²) in [6.45, 7) is 2.38. The van der Waals surface area contributed by atoms with Crippen LogP contribution in [0.2, 0.25) is 0 Å². The van der Waals surface area contributed by atoms with Crippen LogP contribution in [0.3, 0.4) is 0 Å². The van der Waals surface area contributed by atoms with Crippen molar-refractivity contribution in [3.63, 3.8) is 0 Å². The Bertz CT molecular complexity index is 553. The van der Waals surface area contributed by atoms with Gasteiger partial charge in [0.05, 0.1) is 11.1 Å². The molecule has 0 radical (unpaired) electrons. The molecule has 0 unspecified atom stereocenters. The lowest BCUT2D eigenvalue weighted by atomic mass is 10.1. The highest BCUT2D eigenvalue weighted by Crippen LogP contribution is 2.44. The number of carbonyl (C=O) groups excluding carboxylic acids is 1. The monoisotopic (exact) mass is 269 g/mol. The summed E-state index contributed by atoms with van der Waals surface area (Å²) < 4.78 is 26.1. The third-order valence-electron chi connectivity index (χ3n) is 3.31. The third-order valence-corrected chi connectivity index (χ3v) is 3.31. The molecule has 2 rings (SSSR count). The molecule has 1 aliphatic carbocycles. The fraction of sp³-hybridized carbons (Fsp3) is 0.385. The number of rotatable bonds is 4. The minimum absolute atomic E-state index is 0.0393. The molecule has 102 valence electrons. The van der Waals surface area contributed by atoms with Crippen LogP contribution in [0.4, 0.5) is 8.78 Å². The van der Waals surface area contributed by atoms with Crippen LogP contribution in [0.15, 0.2) is 12.1 Å². The Morgan fingerprint density at radius 3 is 2.26 bits per heavy atom. The minimum atomic E-state index is -1.47. The maximum atomic E-state index is 13.1. The SMILES string of the molecule is CC1(CNC(=O)c2cc(F)c(F)cc2C(=O)O)CC1. The van der Waals surface area contributed by atoms with Crippen molar-refractivity contribution in [1.82, 2.24) is 5.32 Å². The molecule has 1 aliphatic rings. The fourth-order valence-corrected chi connectivity index (χ4v) is 1.69. The van der Waals surface area contributed by atoms with E-state index in [2.05, 4.69) is 5.32 Å². The smallest absolute Gasteiger partial charge is 0.336 e. The van der Waals surface area contributed by atoms with Gasteiger partial charge in [0.2, 0.25) is 0 Å². The van der Waals surface area contributed by atoms with E-state index in [1.165, 1.54) is 0 Å². The molecule has 0 aliphatic heterocycles. The van der Waals surface area contributed by atoms with Gasteiger partial charge in [0.15, 0.2) is 11.6 Å². The Hall–Kier alpha value is -1.98. The Kier molecular flexibility index (Phi) is 3.26. The largest absolute Gasteiger partial charge is 0.478 e. The van der Waals surface area contributed by atoms with Crippen molar-refractivity contribution < 1.29 is 23.5 Å². The molecule has 0 saturated heterocycles. The summed E-state index contributed by atoms with van der Waals surface area (Å²) in [6.07, 6.45) is 1.97. The van der Waals surface area contributed by atoms with Gasteiger partial charge in [-0.25, -0.2) is 13.6 Å². The number of hydrogen-bond acceptors (Lipinski definition) is 2. The molecule has 1 saturated carbocycles. The lowest BCUT2D eigenvalue weighted by molar-refractivity contribution is 0.0690. The van der Waals surface area contributed by atoms with E-state index in [1.807, 2.05) is 6.92 Å². The Balaban J connectivity index is 2.24. The number of carboxylic acids is 1. The molecule has 1 amide bonds. The number of carbonyl (C=O) groups is 2. The van der Waals surface area contributed by atoms with Crippen molar-refractivity contribution in [2.75, 3.05) is 6.54 Å². The zero-order valence-corrected chi connectivity index (χ0v) is 10.3. The molecule has 0 bridgehead atoms. The van der Waals surface area contributed by atoms with Crippen LogP contribution < -0.4 is 5.32 Å². The lowest BCUT2D eigenvalue weighted by Gasteiger charge is -2.11. The van der Waals surface area contributed by atoms with Gasteiger partial charge in [-0.1, -0.05) is 6.92 Å².